The van der Waals surface area contributed by atoms with Crippen molar-refractivity contribution in [1.82, 2.24) is 18.3 Å². The highest BCUT2D eigenvalue weighted by Crippen LogP contribution is 2.47. The molecule has 3 aliphatic rings. The van der Waals surface area contributed by atoms with Gasteiger partial charge in [-0.3, -0.25) is 0 Å². The standard InChI is InChI=1S/C72H42B2N4/c1-2-18-44(19-3-1)73-56-28-8-12-33-62(56)75-61-41-38-43(42-54(61)51-26-17-37-66(70(51)75)77-60-32-11-5-21-47(60)50-25-14-30-58(73)69(50)77)45-23-15-35-64-67(45)53-40-39-52-48-22-6-10-31-59(48)76-63-34-13-9-29-57(63)74-55-27-7-4-20-46(55)49-24-16-36-65(68(49)74)78(64)72(53)71(52)76/h1-42H. The van der Waals surface area contributed by atoms with Crippen molar-refractivity contribution < 1.29 is 0 Å². The predicted molar refractivity (Wildman–Crippen MR) is 330 cm³/mol. The van der Waals surface area contributed by atoms with Crippen LogP contribution in [0.3, 0.4) is 0 Å². The van der Waals surface area contributed by atoms with Crippen molar-refractivity contribution in [1.29, 1.82) is 0 Å². The van der Waals surface area contributed by atoms with E-state index in [2.05, 4.69) is 273 Å². The van der Waals surface area contributed by atoms with Gasteiger partial charge in [0.15, 0.2) is 0 Å². The molecule has 4 nitrogen and oxygen atoms in total. The fraction of sp³-hybridized carbons (Fsp3) is 0. The molecule has 19 rings (SSSR count). The number of aromatic nitrogens is 4. The second-order valence-electron chi connectivity index (χ2n) is 21.8. The number of benzene rings is 12. The highest BCUT2D eigenvalue weighted by molar-refractivity contribution is 7.00. The molecule has 0 N–H and O–H groups in total. The Bertz CT molecular complexity index is 5360. The molecular weight excluding hydrogens is 942 g/mol. The molecule has 356 valence electrons. The molecule has 12 aromatic carbocycles. The van der Waals surface area contributed by atoms with E-state index in [1.165, 1.54) is 165 Å². The average molecular weight is 985 g/mol. The van der Waals surface area contributed by atoms with Crippen LogP contribution in [-0.2, 0) is 0 Å². The molecule has 0 aliphatic carbocycles. The van der Waals surface area contributed by atoms with E-state index in [0.717, 1.165) is 0 Å². The molecule has 0 unspecified atom stereocenters. The Kier molecular flexibility index (Phi) is 7.87. The maximum Gasteiger partial charge on any atom is 0.248 e. The molecule has 0 saturated carbocycles. The third kappa shape index (κ3) is 5.04. The summed E-state index contributed by atoms with van der Waals surface area (Å²) in [5.74, 6) is 0. The Labute approximate surface area is 449 Å². The highest BCUT2D eigenvalue weighted by atomic mass is 15.1. The fourth-order valence-corrected chi connectivity index (χ4v) is 15.3. The SMILES string of the molecule is c1ccc(B2c3ccccc3-n3c4ccc(-c5cccc6c5c5ccc7c8ccccc8n8c7c5n6-c5cccc6c5B(c5ccccc5-6)c5ccccc5-8)cc4c4cccc(c43)-n3c4ccccc4c4cccc2c43)cc1. The fourth-order valence-electron chi connectivity index (χ4n) is 15.3. The van der Waals surface area contributed by atoms with Crippen LogP contribution in [0.15, 0.2) is 255 Å². The van der Waals surface area contributed by atoms with Gasteiger partial charge in [-0.05, 0) is 98.7 Å². The van der Waals surface area contributed by atoms with E-state index in [-0.39, 0.29) is 13.4 Å². The first-order chi connectivity index (χ1) is 38.8. The summed E-state index contributed by atoms with van der Waals surface area (Å²) in [5.41, 5.74) is 27.5. The maximum absolute atomic E-state index is 2.64. The van der Waals surface area contributed by atoms with Crippen molar-refractivity contribution in [3.05, 3.63) is 255 Å². The van der Waals surface area contributed by atoms with Gasteiger partial charge in [0.2, 0.25) is 13.4 Å². The summed E-state index contributed by atoms with van der Waals surface area (Å²) < 4.78 is 10.4. The number of para-hydroxylation sites is 6. The normalized spacial score (nSPS) is 13.1. The number of fused-ring (bicyclic) bond motifs is 22. The molecule has 6 heteroatoms. The first-order valence-corrected chi connectivity index (χ1v) is 27.3. The smallest absolute Gasteiger partial charge is 0.248 e. The second kappa shape index (κ2) is 14.9. The van der Waals surface area contributed by atoms with E-state index in [1.807, 2.05) is 0 Å². The van der Waals surface area contributed by atoms with Crippen LogP contribution in [0.25, 0.3) is 132 Å². The predicted octanol–water partition coefficient (Wildman–Crippen LogP) is 13.4. The van der Waals surface area contributed by atoms with Crippen molar-refractivity contribution in [2.45, 2.75) is 0 Å². The first kappa shape index (κ1) is 41.2. The lowest BCUT2D eigenvalue weighted by Gasteiger charge is -2.21. The van der Waals surface area contributed by atoms with Gasteiger partial charge >= 0.3 is 0 Å². The van der Waals surface area contributed by atoms with Gasteiger partial charge in [0, 0.05) is 65.7 Å². The highest BCUT2D eigenvalue weighted by Gasteiger charge is 2.40. The third-order valence-corrected chi connectivity index (χ3v) is 18.2. The first-order valence-electron chi connectivity index (χ1n) is 27.3. The van der Waals surface area contributed by atoms with E-state index in [1.54, 1.807) is 0 Å². The lowest BCUT2D eigenvalue weighted by atomic mass is 9.36. The number of hydrogen-bond donors (Lipinski definition) is 0. The molecule has 4 aromatic heterocycles. The molecule has 0 bridgehead atoms. The van der Waals surface area contributed by atoms with Crippen LogP contribution in [0.1, 0.15) is 0 Å². The van der Waals surface area contributed by atoms with Gasteiger partial charge in [-0.1, -0.05) is 211 Å². The topological polar surface area (TPSA) is 19.7 Å². The van der Waals surface area contributed by atoms with Crippen molar-refractivity contribution in [3.8, 4) is 45.0 Å². The van der Waals surface area contributed by atoms with Crippen LogP contribution < -0.4 is 32.8 Å². The van der Waals surface area contributed by atoms with E-state index < -0.39 is 0 Å². The summed E-state index contributed by atoms with van der Waals surface area (Å²) in [6.07, 6.45) is 0. The minimum absolute atomic E-state index is 0.0283. The van der Waals surface area contributed by atoms with Crippen molar-refractivity contribution in [2.75, 3.05) is 0 Å². The molecule has 0 amide bonds. The quantitative estimate of drug-likeness (QED) is 0.154. The zero-order valence-electron chi connectivity index (χ0n) is 42.2. The van der Waals surface area contributed by atoms with Crippen LogP contribution in [0.4, 0.5) is 0 Å². The zero-order valence-corrected chi connectivity index (χ0v) is 42.2. The third-order valence-electron chi connectivity index (χ3n) is 18.2. The summed E-state index contributed by atoms with van der Waals surface area (Å²) in [6, 6.07) is 96.7. The van der Waals surface area contributed by atoms with Gasteiger partial charge in [-0.2, -0.15) is 0 Å². The Balaban J connectivity index is 0.943. The minimum atomic E-state index is -0.0283. The minimum Gasteiger partial charge on any atom is -0.308 e. The van der Waals surface area contributed by atoms with Gasteiger partial charge in [0.1, 0.15) is 0 Å². The number of rotatable bonds is 2. The Morgan fingerprint density at radius 2 is 0.731 bits per heavy atom. The lowest BCUT2D eigenvalue weighted by molar-refractivity contribution is 1.14. The molecule has 0 spiro atoms. The van der Waals surface area contributed by atoms with Gasteiger partial charge in [0.05, 0.1) is 44.3 Å². The summed E-state index contributed by atoms with van der Waals surface area (Å²) >= 11 is 0. The number of hydrogen-bond acceptors (Lipinski definition) is 0. The van der Waals surface area contributed by atoms with Crippen LogP contribution >= 0.6 is 0 Å². The summed E-state index contributed by atoms with van der Waals surface area (Å²) in [5, 5.41) is 10.0. The van der Waals surface area contributed by atoms with E-state index in [0.29, 0.717) is 0 Å². The van der Waals surface area contributed by atoms with Crippen LogP contribution in [0.2, 0.25) is 0 Å². The second-order valence-corrected chi connectivity index (χ2v) is 21.8. The van der Waals surface area contributed by atoms with Gasteiger partial charge in [-0.15, -0.1) is 0 Å². The molecule has 0 atom stereocenters. The largest absolute Gasteiger partial charge is 0.308 e. The van der Waals surface area contributed by atoms with E-state index in [9.17, 15) is 0 Å². The van der Waals surface area contributed by atoms with Gasteiger partial charge < -0.3 is 18.3 Å². The van der Waals surface area contributed by atoms with Crippen LogP contribution in [0, 0.1) is 0 Å². The average Bonchev–Trinajstić information content (AvgIpc) is 4.32. The Morgan fingerprint density at radius 3 is 1.54 bits per heavy atom. The summed E-state index contributed by atoms with van der Waals surface area (Å²) in [6.45, 7) is 0.0106. The summed E-state index contributed by atoms with van der Waals surface area (Å²) in [7, 11) is 0. The van der Waals surface area contributed by atoms with Crippen molar-refractivity contribution >= 4 is 133 Å². The molecule has 0 saturated heterocycles. The monoisotopic (exact) mass is 984 g/mol. The Morgan fingerprint density at radius 1 is 0.244 bits per heavy atom. The van der Waals surface area contributed by atoms with Crippen LogP contribution in [-0.4, -0.2) is 31.7 Å². The molecule has 0 radical (unpaired) electrons. The molecular formula is C72H42B2N4. The van der Waals surface area contributed by atoms with Crippen molar-refractivity contribution in [2.24, 2.45) is 0 Å². The molecule has 0 fully saturated rings. The van der Waals surface area contributed by atoms with Gasteiger partial charge in [0.25, 0.3) is 0 Å². The molecule has 16 aromatic rings. The lowest BCUT2D eigenvalue weighted by Crippen LogP contribution is -2.53. The molecule has 7 heterocycles. The van der Waals surface area contributed by atoms with Crippen molar-refractivity contribution in [3.63, 3.8) is 0 Å². The van der Waals surface area contributed by atoms with E-state index in [4.69, 9.17) is 0 Å². The molecule has 3 aliphatic heterocycles. The Hall–Kier alpha value is -10.0. The van der Waals surface area contributed by atoms with Gasteiger partial charge in [-0.25, -0.2) is 0 Å². The van der Waals surface area contributed by atoms with E-state index >= 15 is 0 Å². The molecule has 78 heavy (non-hydrogen) atoms. The zero-order chi connectivity index (χ0) is 50.5. The number of nitrogens with zero attached hydrogens (tertiary/aromatic N) is 4. The van der Waals surface area contributed by atoms with Crippen LogP contribution in [0.5, 0.6) is 0 Å². The maximum atomic E-state index is 2.64. The summed E-state index contributed by atoms with van der Waals surface area (Å²) in [4.78, 5) is 0.